The first-order valence-electron chi connectivity index (χ1n) is 9.31. The van der Waals surface area contributed by atoms with E-state index in [1.165, 1.54) is 4.31 Å². The topological polar surface area (TPSA) is 106 Å². The Morgan fingerprint density at radius 2 is 2.03 bits per heavy atom. The first-order valence-corrected chi connectivity index (χ1v) is 10.9. The Morgan fingerprint density at radius 1 is 1.40 bits per heavy atom. The van der Waals surface area contributed by atoms with Crippen LogP contribution in [-0.4, -0.2) is 72.1 Å². The first kappa shape index (κ1) is 24.5. The van der Waals surface area contributed by atoms with E-state index in [4.69, 9.17) is 19.4 Å². The summed E-state index contributed by atoms with van der Waals surface area (Å²) in [5.74, 6) is -2.61. The lowest BCUT2D eigenvalue weighted by atomic mass is 9.86. The summed E-state index contributed by atoms with van der Waals surface area (Å²) < 4.78 is 68.9. The predicted molar refractivity (Wildman–Crippen MR) is 100 cm³/mol. The summed E-state index contributed by atoms with van der Waals surface area (Å²) in [7, 11) is -3.11. The maximum Gasteiger partial charge on any atom is 0.490 e. The minimum absolute atomic E-state index is 0.107. The lowest BCUT2D eigenvalue weighted by Crippen LogP contribution is -2.67. The number of aliphatic carboxylic acids is 1. The average Bonchev–Trinajstić information content (AvgIpc) is 2.64. The van der Waals surface area contributed by atoms with Crippen LogP contribution in [0.1, 0.15) is 30.9 Å². The Hall–Kier alpha value is -1.76. The molecule has 0 aromatic carbocycles. The maximum atomic E-state index is 11.9. The van der Waals surface area contributed by atoms with E-state index >= 15 is 0 Å². The molecule has 1 aromatic heterocycles. The van der Waals surface area contributed by atoms with Crippen LogP contribution in [0.2, 0.25) is 0 Å². The average molecular weight is 454 g/mol. The van der Waals surface area contributed by atoms with E-state index in [9.17, 15) is 21.6 Å². The fourth-order valence-corrected chi connectivity index (χ4v) is 4.46. The van der Waals surface area contributed by atoms with E-state index in [1.54, 1.807) is 6.92 Å². The van der Waals surface area contributed by atoms with Crippen LogP contribution >= 0.6 is 0 Å². The lowest BCUT2D eigenvalue weighted by molar-refractivity contribution is -0.192. The molecule has 0 amide bonds. The highest BCUT2D eigenvalue weighted by Crippen LogP contribution is 2.37. The minimum Gasteiger partial charge on any atom is -0.475 e. The van der Waals surface area contributed by atoms with E-state index < -0.39 is 22.2 Å². The molecule has 1 atom stereocenters. The molecule has 2 fully saturated rings. The highest BCUT2D eigenvalue weighted by atomic mass is 32.2. The third kappa shape index (κ3) is 6.62. The molecule has 3 heterocycles. The van der Waals surface area contributed by atoms with Crippen molar-refractivity contribution < 1.29 is 41.0 Å². The predicted octanol–water partition coefficient (Wildman–Crippen LogP) is 2.12. The maximum absolute atomic E-state index is 11.9. The van der Waals surface area contributed by atoms with Gasteiger partial charge >= 0.3 is 12.1 Å². The number of halogens is 3. The van der Waals surface area contributed by atoms with Gasteiger partial charge in [-0.25, -0.2) is 13.2 Å². The van der Waals surface area contributed by atoms with Crippen molar-refractivity contribution in [1.29, 1.82) is 0 Å². The number of sulfonamides is 1. The first-order chi connectivity index (χ1) is 13.9. The van der Waals surface area contributed by atoms with Gasteiger partial charge in [-0.3, -0.25) is 4.98 Å². The van der Waals surface area contributed by atoms with Crippen LogP contribution < -0.4 is 0 Å². The van der Waals surface area contributed by atoms with Gasteiger partial charge in [0.2, 0.25) is 10.0 Å². The molecular formula is C18H25F3N2O6S. The molecule has 8 nitrogen and oxygen atoms in total. The lowest BCUT2D eigenvalue weighted by Gasteiger charge is -2.52. The van der Waals surface area contributed by atoms with Crippen LogP contribution in [0.5, 0.6) is 0 Å². The number of alkyl halides is 3. The molecule has 1 spiro atoms. The van der Waals surface area contributed by atoms with Crippen molar-refractivity contribution in [3.05, 3.63) is 29.6 Å². The van der Waals surface area contributed by atoms with Crippen molar-refractivity contribution in [3.63, 3.8) is 0 Å². The number of carbonyl (C=O) groups is 1. The van der Waals surface area contributed by atoms with Gasteiger partial charge in [-0.2, -0.15) is 17.5 Å². The number of hydrogen-bond acceptors (Lipinski definition) is 6. The van der Waals surface area contributed by atoms with Gasteiger partial charge in [0.1, 0.15) is 0 Å². The van der Waals surface area contributed by atoms with E-state index in [0.717, 1.165) is 24.0 Å². The number of aromatic nitrogens is 1. The van der Waals surface area contributed by atoms with Gasteiger partial charge in [-0.15, -0.1) is 0 Å². The van der Waals surface area contributed by atoms with Gasteiger partial charge in [0, 0.05) is 38.5 Å². The van der Waals surface area contributed by atoms with Gasteiger partial charge < -0.3 is 14.6 Å². The third-order valence-electron chi connectivity index (χ3n) is 4.79. The van der Waals surface area contributed by atoms with Gasteiger partial charge in [0.05, 0.1) is 24.1 Å². The molecule has 3 rings (SSSR count). The molecule has 2 aliphatic rings. The Labute approximate surface area is 173 Å². The van der Waals surface area contributed by atoms with Crippen LogP contribution in [-0.2, 0) is 30.9 Å². The molecule has 2 saturated heterocycles. The SMILES string of the molecule is CCS(=O)(=O)N1CC2(CC(OCc3cncc(C)c3)CCO2)C1.O=C(O)C(F)(F)F. The van der Waals surface area contributed by atoms with Crippen molar-refractivity contribution in [3.8, 4) is 0 Å². The second-order valence-electron chi connectivity index (χ2n) is 7.30. The highest BCUT2D eigenvalue weighted by Gasteiger charge is 2.51. The van der Waals surface area contributed by atoms with Crippen molar-refractivity contribution in [1.82, 2.24) is 9.29 Å². The molecule has 2 aliphatic heterocycles. The molecule has 0 aliphatic carbocycles. The highest BCUT2D eigenvalue weighted by molar-refractivity contribution is 7.89. The number of aryl methyl sites for hydroxylation is 1. The summed E-state index contributed by atoms with van der Waals surface area (Å²) in [5, 5.41) is 7.12. The Kier molecular flexibility index (Phi) is 7.83. The molecule has 170 valence electrons. The molecular weight excluding hydrogens is 429 g/mol. The summed E-state index contributed by atoms with van der Waals surface area (Å²) >= 11 is 0. The smallest absolute Gasteiger partial charge is 0.475 e. The Morgan fingerprint density at radius 3 is 2.57 bits per heavy atom. The number of ether oxygens (including phenoxy) is 2. The van der Waals surface area contributed by atoms with Crippen LogP contribution in [0.4, 0.5) is 13.2 Å². The largest absolute Gasteiger partial charge is 0.490 e. The molecule has 1 aromatic rings. The number of carboxylic acid groups (broad SMARTS) is 1. The van der Waals surface area contributed by atoms with E-state index in [0.29, 0.717) is 26.3 Å². The summed E-state index contributed by atoms with van der Waals surface area (Å²) in [6.07, 6.45) is 0.268. The number of nitrogens with zero attached hydrogens (tertiary/aromatic N) is 2. The number of rotatable bonds is 5. The van der Waals surface area contributed by atoms with Gasteiger partial charge in [-0.05, 0) is 31.4 Å². The normalized spacial score (nSPS) is 21.4. The zero-order chi connectivity index (χ0) is 22.6. The van der Waals surface area contributed by atoms with Crippen molar-refractivity contribution in [2.75, 3.05) is 25.4 Å². The third-order valence-corrected chi connectivity index (χ3v) is 6.57. The quantitative estimate of drug-likeness (QED) is 0.726. The molecule has 30 heavy (non-hydrogen) atoms. The van der Waals surface area contributed by atoms with Crippen molar-refractivity contribution in [2.24, 2.45) is 0 Å². The van der Waals surface area contributed by atoms with Gasteiger partial charge in [0.25, 0.3) is 0 Å². The van der Waals surface area contributed by atoms with Crippen molar-refractivity contribution >= 4 is 16.0 Å². The number of pyridine rings is 1. The summed E-state index contributed by atoms with van der Waals surface area (Å²) in [5.41, 5.74) is 1.83. The zero-order valence-electron chi connectivity index (χ0n) is 16.7. The second kappa shape index (κ2) is 9.58. The minimum atomic E-state index is -5.08. The Bertz CT molecular complexity index is 841. The monoisotopic (exact) mass is 454 g/mol. The molecule has 12 heteroatoms. The van der Waals surface area contributed by atoms with Crippen LogP contribution in [0, 0.1) is 6.92 Å². The van der Waals surface area contributed by atoms with E-state index in [-0.39, 0.29) is 17.5 Å². The van der Waals surface area contributed by atoms with Crippen LogP contribution in [0.3, 0.4) is 0 Å². The number of carboxylic acids is 1. The molecule has 0 bridgehead atoms. The summed E-state index contributed by atoms with van der Waals surface area (Å²) in [4.78, 5) is 13.1. The van der Waals surface area contributed by atoms with Crippen LogP contribution in [0.25, 0.3) is 0 Å². The molecule has 1 N–H and O–H groups in total. The summed E-state index contributed by atoms with van der Waals surface area (Å²) in [6, 6.07) is 2.07. The van der Waals surface area contributed by atoms with Crippen molar-refractivity contribution in [2.45, 2.75) is 51.2 Å². The number of hydrogen-bond donors (Lipinski definition) is 1. The van der Waals surface area contributed by atoms with Crippen LogP contribution in [0.15, 0.2) is 18.5 Å². The Balaban J connectivity index is 0.000000396. The second-order valence-corrected chi connectivity index (χ2v) is 9.56. The molecule has 0 saturated carbocycles. The summed E-state index contributed by atoms with van der Waals surface area (Å²) in [6.45, 7) is 5.74. The van der Waals surface area contributed by atoms with E-state index in [2.05, 4.69) is 11.1 Å². The van der Waals surface area contributed by atoms with Gasteiger partial charge in [-0.1, -0.05) is 6.07 Å². The zero-order valence-corrected chi connectivity index (χ0v) is 17.5. The molecule has 0 radical (unpaired) electrons. The fourth-order valence-electron chi connectivity index (χ4n) is 3.23. The van der Waals surface area contributed by atoms with E-state index in [1.807, 2.05) is 19.3 Å². The van der Waals surface area contributed by atoms with Gasteiger partial charge in [0.15, 0.2) is 0 Å². The standard InChI is InChI=1S/C16H24N2O4S.C2HF3O2/c1-3-23(19,20)18-11-16(12-18)7-15(4-5-22-16)21-10-14-6-13(2)8-17-9-14;3-2(4,5)1(6)7/h6,8-9,15H,3-5,7,10-12H2,1-2H3;(H,6,7). The fraction of sp³-hybridized carbons (Fsp3) is 0.667. The molecule has 1 unspecified atom stereocenters.